The van der Waals surface area contributed by atoms with Gasteiger partial charge in [0, 0.05) is 25.8 Å². The number of nitrogens with one attached hydrogen (secondary N) is 2. The highest BCUT2D eigenvalue weighted by Crippen LogP contribution is 2.36. The lowest BCUT2D eigenvalue weighted by atomic mass is 9.85. The first-order valence-corrected chi connectivity index (χ1v) is 12.8. The van der Waals surface area contributed by atoms with E-state index < -0.39 is 41.4 Å². The molecule has 3 atom stereocenters. The van der Waals surface area contributed by atoms with Gasteiger partial charge in [0.2, 0.25) is 11.6 Å². The van der Waals surface area contributed by atoms with Crippen molar-refractivity contribution in [2.24, 2.45) is 11.3 Å². The van der Waals surface area contributed by atoms with E-state index in [1.807, 2.05) is 20.8 Å². The lowest BCUT2D eigenvalue weighted by Crippen LogP contribution is -2.45. The molecular weight excluding hydrogens is 502 g/mol. The minimum Gasteiger partial charge on any atom is -0.496 e. The van der Waals surface area contributed by atoms with Crippen molar-refractivity contribution in [3.63, 3.8) is 0 Å². The van der Waals surface area contributed by atoms with Crippen molar-refractivity contribution in [3.8, 4) is 11.5 Å². The molecule has 2 fully saturated rings. The molecule has 0 saturated heterocycles. The van der Waals surface area contributed by atoms with Crippen LogP contribution in [0, 0.1) is 17.2 Å². The number of benzene rings is 1. The average molecular weight is 541 g/mol. The number of aliphatic carboxylic acids is 1. The SMILES string of the molecule is COc1cc(F)c(O[C@H]2CC[C@@](F)(C(=O)O)CC2)cc1C(=O)N[C@@H]1C[C@@H](OC)C[C@@H]1C(=O)NCC(C)(C)C. The number of hydrogen-bond donors (Lipinski definition) is 3. The molecule has 0 radical (unpaired) electrons. The van der Waals surface area contributed by atoms with Crippen molar-refractivity contribution >= 4 is 17.8 Å². The quantitative estimate of drug-likeness (QED) is 0.437. The zero-order chi connectivity index (χ0) is 28.3. The predicted octanol–water partition coefficient (Wildman–Crippen LogP) is 3.63. The molecule has 11 heteroatoms. The standard InChI is InChI=1S/C27H38F2N2O7/c1-26(2,3)14-30-23(32)17-10-16(36-4)11-20(17)31-24(33)18-12-22(19(28)13-21(18)37-5)38-15-6-8-27(29,9-7-15)25(34)35/h12-13,15-17,20H,6-11,14H2,1-5H3,(H,30,32)(H,31,33)(H,34,35)/t15-,16-,17-,20+,27-/m0/s1. The Morgan fingerprint density at radius 3 is 2.29 bits per heavy atom. The van der Waals surface area contributed by atoms with Crippen LogP contribution >= 0.6 is 0 Å². The van der Waals surface area contributed by atoms with Crippen LogP contribution in [0.1, 0.15) is 69.7 Å². The summed E-state index contributed by atoms with van der Waals surface area (Å²) in [7, 11) is 2.86. The maximum atomic E-state index is 14.8. The molecule has 0 heterocycles. The van der Waals surface area contributed by atoms with Gasteiger partial charge in [0.05, 0.1) is 30.8 Å². The molecule has 2 aliphatic carbocycles. The first-order chi connectivity index (χ1) is 17.8. The smallest absolute Gasteiger partial charge is 0.341 e. The summed E-state index contributed by atoms with van der Waals surface area (Å²) < 4.78 is 45.6. The van der Waals surface area contributed by atoms with E-state index in [-0.39, 0.29) is 60.2 Å². The number of carboxylic acid groups (broad SMARTS) is 1. The lowest BCUT2D eigenvalue weighted by Gasteiger charge is -2.31. The van der Waals surface area contributed by atoms with E-state index in [0.717, 1.165) is 6.07 Å². The summed E-state index contributed by atoms with van der Waals surface area (Å²) in [5.41, 5.74) is -2.41. The van der Waals surface area contributed by atoms with Gasteiger partial charge in [-0.25, -0.2) is 13.6 Å². The Morgan fingerprint density at radius 1 is 1.08 bits per heavy atom. The first-order valence-electron chi connectivity index (χ1n) is 12.8. The highest BCUT2D eigenvalue weighted by atomic mass is 19.1. The highest BCUT2D eigenvalue weighted by Gasteiger charge is 2.43. The maximum Gasteiger partial charge on any atom is 0.341 e. The number of ether oxygens (including phenoxy) is 3. The molecule has 2 saturated carbocycles. The number of hydrogen-bond acceptors (Lipinski definition) is 6. The molecule has 1 aromatic carbocycles. The molecule has 3 rings (SSSR count). The monoisotopic (exact) mass is 540 g/mol. The third-order valence-electron chi connectivity index (χ3n) is 7.20. The topological polar surface area (TPSA) is 123 Å². The fraction of sp³-hybridized carbons (Fsp3) is 0.667. The minimum atomic E-state index is -2.32. The summed E-state index contributed by atoms with van der Waals surface area (Å²) in [6.07, 6.45) is -0.272. The number of carbonyl (C=O) groups is 3. The van der Waals surface area contributed by atoms with Gasteiger partial charge in [0.15, 0.2) is 11.6 Å². The van der Waals surface area contributed by atoms with Crippen molar-refractivity contribution in [1.82, 2.24) is 10.6 Å². The molecule has 38 heavy (non-hydrogen) atoms. The fourth-order valence-electron chi connectivity index (χ4n) is 4.89. The molecule has 1 aromatic rings. The van der Waals surface area contributed by atoms with E-state index in [1.165, 1.54) is 13.2 Å². The summed E-state index contributed by atoms with van der Waals surface area (Å²) in [5, 5.41) is 14.9. The number of methoxy groups -OCH3 is 2. The van der Waals surface area contributed by atoms with Gasteiger partial charge in [-0.2, -0.15) is 0 Å². The van der Waals surface area contributed by atoms with Crippen molar-refractivity contribution < 1.29 is 42.5 Å². The van der Waals surface area contributed by atoms with Crippen molar-refractivity contribution in [3.05, 3.63) is 23.5 Å². The molecule has 2 amide bonds. The van der Waals surface area contributed by atoms with E-state index in [2.05, 4.69) is 10.6 Å². The van der Waals surface area contributed by atoms with Gasteiger partial charge in [-0.1, -0.05) is 20.8 Å². The third-order valence-corrected chi connectivity index (χ3v) is 7.20. The Morgan fingerprint density at radius 2 is 1.74 bits per heavy atom. The lowest BCUT2D eigenvalue weighted by molar-refractivity contribution is -0.154. The second-order valence-corrected chi connectivity index (χ2v) is 11.4. The Balaban J connectivity index is 1.75. The average Bonchev–Trinajstić information content (AvgIpc) is 3.27. The summed E-state index contributed by atoms with van der Waals surface area (Å²) in [5.74, 6) is -3.78. The molecule has 3 N–H and O–H groups in total. The van der Waals surface area contributed by atoms with Crippen LogP contribution in [0.4, 0.5) is 8.78 Å². The number of alkyl halides is 1. The number of carboxylic acids is 1. The zero-order valence-electron chi connectivity index (χ0n) is 22.6. The second kappa shape index (κ2) is 11.8. The fourth-order valence-corrected chi connectivity index (χ4v) is 4.89. The summed E-state index contributed by atoms with van der Waals surface area (Å²) >= 11 is 0. The molecule has 0 spiro atoms. The van der Waals surface area contributed by atoms with E-state index in [9.17, 15) is 23.2 Å². The van der Waals surface area contributed by atoms with Crippen molar-refractivity contribution in [1.29, 1.82) is 0 Å². The van der Waals surface area contributed by atoms with Crippen LogP contribution < -0.4 is 20.1 Å². The van der Waals surface area contributed by atoms with Gasteiger partial charge >= 0.3 is 5.97 Å². The van der Waals surface area contributed by atoms with Gasteiger partial charge in [-0.05, 0) is 50.0 Å². The van der Waals surface area contributed by atoms with Crippen LogP contribution in [0.25, 0.3) is 0 Å². The van der Waals surface area contributed by atoms with Crippen LogP contribution in [0.3, 0.4) is 0 Å². The second-order valence-electron chi connectivity index (χ2n) is 11.4. The summed E-state index contributed by atoms with van der Waals surface area (Å²) in [6, 6.07) is 1.73. The molecule has 2 aliphatic rings. The van der Waals surface area contributed by atoms with Crippen molar-refractivity contribution in [2.75, 3.05) is 20.8 Å². The normalized spacial score (nSPS) is 27.4. The van der Waals surface area contributed by atoms with Gasteiger partial charge in [-0.15, -0.1) is 0 Å². The Hall–Kier alpha value is -2.95. The molecule has 0 aliphatic heterocycles. The maximum absolute atomic E-state index is 14.8. The number of rotatable bonds is 9. The van der Waals surface area contributed by atoms with E-state index >= 15 is 0 Å². The Labute approximate surface area is 221 Å². The largest absolute Gasteiger partial charge is 0.496 e. The van der Waals surface area contributed by atoms with Crippen LogP contribution in [-0.4, -0.2) is 67.6 Å². The third kappa shape index (κ3) is 7.12. The van der Waals surface area contributed by atoms with Gasteiger partial charge in [-0.3, -0.25) is 9.59 Å². The predicted molar refractivity (Wildman–Crippen MR) is 135 cm³/mol. The zero-order valence-corrected chi connectivity index (χ0v) is 22.6. The number of halogens is 2. The minimum absolute atomic E-state index is 0.0137. The Bertz CT molecular complexity index is 1030. The van der Waals surface area contributed by atoms with Crippen molar-refractivity contribution in [2.45, 2.75) is 83.2 Å². The van der Waals surface area contributed by atoms with E-state index in [0.29, 0.717) is 19.4 Å². The van der Waals surface area contributed by atoms with Crippen LogP contribution in [0.15, 0.2) is 12.1 Å². The molecule has 0 unspecified atom stereocenters. The van der Waals surface area contributed by atoms with E-state index in [1.54, 1.807) is 7.11 Å². The molecule has 9 nitrogen and oxygen atoms in total. The molecule has 0 bridgehead atoms. The van der Waals surface area contributed by atoms with Gasteiger partial charge < -0.3 is 30.0 Å². The molecule has 0 aromatic heterocycles. The summed E-state index contributed by atoms with van der Waals surface area (Å²) in [4.78, 5) is 37.4. The van der Waals surface area contributed by atoms with E-state index in [4.69, 9.17) is 19.3 Å². The van der Waals surface area contributed by atoms with Crippen LogP contribution in [-0.2, 0) is 14.3 Å². The number of carbonyl (C=O) groups excluding carboxylic acids is 2. The van der Waals surface area contributed by atoms with Gasteiger partial charge in [0.1, 0.15) is 5.75 Å². The van der Waals surface area contributed by atoms with Gasteiger partial charge in [0.25, 0.3) is 5.91 Å². The molecule has 212 valence electrons. The van der Waals surface area contributed by atoms with Crippen LogP contribution in [0.2, 0.25) is 0 Å². The number of amides is 2. The highest BCUT2D eigenvalue weighted by molar-refractivity contribution is 5.98. The molecular formula is C27H38F2N2O7. The van der Waals surface area contributed by atoms with Crippen LogP contribution in [0.5, 0.6) is 11.5 Å². The summed E-state index contributed by atoms with van der Waals surface area (Å²) in [6.45, 7) is 6.50. The first kappa shape index (κ1) is 29.6. The Kier molecular flexibility index (Phi) is 9.22.